The van der Waals surface area contributed by atoms with Gasteiger partial charge >= 0.3 is 0 Å². The molecule has 0 aromatic carbocycles. The van der Waals surface area contributed by atoms with Crippen molar-refractivity contribution >= 4 is 10.1 Å². The molecule has 0 spiro atoms. The van der Waals surface area contributed by atoms with Gasteiger partial charge in [-0.25, -0.2) is 0 Å². The van der Waals surface area contributed by atoms with Gasteiger partial charge in [0, 0.05) is 0 Å². The van der Waals surface area contributed by atoms with E-state index in [0.29, 0.717) is 6.61 Å². The summed E-state index contributed by atoms with van der Waals surface area (Å²) in [5, 5.41) is 0. The van der Waals surface area contributed by atoms with Gasteiger partial charge in [-0.1, -0.05) is 70.8 Å². The van der Waals surface area contributed by atoms with E-state index in [-0.39, 0.29) is 5.75 Å². The molecule has 0 aliphatic carbocycles. The van der Waals surface area contributed by atoms with Crippen molar-refractivity contribution in [1.82, 2.24) is 0 Å². The Hall–Kier alpha value is -0.350. The number of rotatable bonds is 14. The minimum absolute atomic E-state index is 0.0925. The van der Waals surface area contributed by atoms with Gasteiger partial charge in [-0.3, -0.25) is 4.18 Å². The molecular weight excluding hydrogens is 260 g/mol. The lowest BCUT2D eigenvalue weighted by Crippen LogP contribution is -2.09. The molecule has 0 radical (unpaired) electrons. The Balaban J connectivity index is 3.21. The lowest BCUT2D eigenvalue weighted by atomic mass is 10.1. The fourth-order valence-corrected chi connectivity index (χ4v) is 2.72. The molecule has 0 aliphatic heterocycles. The molecule has 0 aliphatic rings. The van der Waals surface area contributed by atoms with Gasteiger partial charge in [0.15, 0.2) is 0 Å². The fourth-order valence-electron chi connectivity index (χ4n) is 1.97. The van der Waals surface area contributed by atoms with Gasteiger partial charge in [0.05, 0.1) is 12.4 Å². The van der Waals surface area contributed by atoms with E-state index >= 15 is 0 Å². The smallest absolute Gasteiger partial charge is 0.270 e. The molecule has 0 bridgehead atoms. The zero-order chi connectivity index (χ0) is 14.4. The second-order valence-electron chi connectivity index (χ2n) is 5.02. The maximum absolute atomic E-state index is 11.2. The number of unbranched alkanes of at least 4 members (excludes halogenated alkanes) is 9. The lowest BCUT2D eigenvalue weighted by molar-refractivity contribution is 0.307. The highest BCUT2D eigenvalue weighted by Gasteiger charge is 2.07. The molecule has 0 fully saturated rings. The first-order valence-corrected chi connectivity index (χ1v) is 9.18. The summed E-state index contributed by atoms with van der Waals surface area (Å²) in [6, 6.07) is 0. The van der Waals surface area contributed by atoms with E-state index in [1.807, 2.05) is 0 Å². The normalized spacial score (nSPS) is 11.6. The Kier molecular flexibility index (Phi) is 12.4. The van der Waals surface area contributed by atoms with Crippen molar-refractivity contribution in [3.05, 3.63) is 12.7 Å². The maximum atomic E-state index is 11.2. The van der Waals surface area contributed by atoms with E-state index in [9.17, 15) is 8.42 Å². The largest absolute Gasteiger partial charge is 0.270 e. The molecule has 114 valence electrons. The average Bonchev–Trinajstić information content (AvgIpc) is 2.36. The topological polar surface area (TPSA) is 43.4 Å². The van der Waals surface area contributed by atoms with Crippen molar-refractivity contribution < 1.29 is 12.6 Å². The van der Waals surface area contributed by atoms with Gasteiger partial charge in [-0.15, -0.1) is 6.58 Å². The van der Waals surface area contributed by atoms with Crippen LogP contribution in [0.5, 0.6) is 0 Å². The second kappa shape index (κ2) is 12.7. The van der Waals surface area contributed by atoms with E-state index in [1.54, 1.807) is 0 Å². The third-order valence-corrected chi connectivity index (χ3v) is 4.25. The lowest BCUT2D eigenvalue weighted by Gasteiger charge is -2.04. The molecule has 0 saturated heterocycles. The maximum Gasteiger partial charge on any atom is 0.270 e. The second-order valence-corrected chi connectivity index (χ2v) is 6.70. The van der Waals surface area contributed by atoms with Crippen molar-refractivity contribution in [2.45, 2.75) is 71.1 Å². The molecule has 0 amide bonds. The highest BCUT2D eigenvalue weighted by molar-refractivity contribution is 7.86. The van der Waals surface area contributed by atoms with Crippen LogP contribution >= 0.6 is 0 Å². The zero-order valence-electron chi connectivity index (χ0n) is 12.4. The van der Waals surface area contributed by atoms with Crippen molar-refractivity contribution in [2.24, 2.45) is 0 Å². The van der Waals surface area contributed by atoms with Gasteiger partial charge in [0.1, 0.15) is 0 Å². The first kappa shape index (κ1) is 18.7. The van der Waals surface area contributed by atoms with Gasteiger partial charge in [-0.05, 0) is 6.42 Å². The van der Waals surface area contributed by atoms with Gasteiger partial charge in [-0.2, -0.15) is 8.42 Å². The highest BCUT2D eigenvalue weighted by atomic mass is 32.2. The predicted molar refractivity (Wildman–Crippen MR) is 81.8 cm³/mol. The summed E-state index contributed by atoms with van der Waals surface area (Å²) in [4.78, 5) is 0. The summed E-state index contributed by atoms with van der Waals surface area (Å²) in [7, 11) is -3.36. The molecule has 0 unspecified atom stereocenters. The van der Waals surface area contributed by atoms with Crippen LogP contribution in [0.1, 0.15) is 71.1 Å². The minimum atomic E-state index is -3.36. The van der Waals surface area contributed by atoms with Crippen molar-refractivity contribution in [1.29, 1.82) is 0 Å². The molecule has 0 aromatic rings. The van der Waals surface area contributed by atoms with Crippen LogP contribution in [-0.2, 0) is 14.3 Å². The molecule has 0 rings (SSSR count). The Labute approximate surface area is 119 Å². The van der Waals surface area contributed by atoms with Crippen molar-refractivity contribution in [3.63, 3.8) is 0 Å². The Bertz CT molecular complexity index is 297. The molecule has 0 aromatic heterocycles. The Morgan fingerprint density at radius 2 is 1.37 bits per heavy atom. The molecule has 0 N–H and O–H groups in total. The first-order chi connectivity index (χ1) is 9.12. The van der Waals surface area contributed by atoms with Gasteiger partial charge in [0.25, 0.3) is 10.1 Å². The van der Waals surface area contributed by atoms with Crippen LogP contribution in [0.3, 0.4) is 0 Å². The summed E-state index contributed by atoms with van der Waals surface area (Å²) in [6.45, 7) is 5.94. The fraction of sp³-hybridized carbons (Fsp3) is 0.867. The molecule has 4 heteroatoms. The SMILES string of the molecule is C=CCS(=O)(=O)OCCCCCCCCCCCC. The predicted octanol–water partition coefficient (Wildman–Crippen LogP) is 4.44. The summed E-state index contributed by atoms with van der Waals surface area (Å²) in [5.74, 6) is -0.0925. The van der Waals surface area contributed by atoms with Crippen LogP contribution in [0.4, 0.5) is 0 Å². The quantitative estimate of drug-likeness (QED) is 0.270. The van der Waals surface area contributed by atoms with Gasteiger partial charge < -0.3 is 0 Å². The van der Waals surface area contributed by atoms with E-state index in [0.717, 1.165) is 12.8 Å². The van der Waals surface area contributed by atoms with Crippen molar-refractivity contribution in [3.8, 4) is 0 Å². The molecule has 0 heterocycles. The minimum Gasteiger partial charge on any atom is -0.270 e. The van der Waals surface area contributed by atoms with E-state index < -0.39 is 10.1 Å². The third-order valence-electron chi connectivity index (χ3n) is 3.08. The monoisotopic (exact) mass is 290 g/mol. The van der Waals surface area contributed by atoms with Gasteiger partial charge in [0.2, 0.25) is 0 Å². The van der Waals surface area contributed by atoms with Crippen LogP contribution in [0.2, 0.25) is 0 Å². The number of hydrogen-bond donors (Lipinski definition) is 0. The van der Waals surface area contributed by atoms with Crippen LogP contribution in [0.15, 0.2) is 12.7 Å². The summed E-state index contributed by atoms with van der Waals surface area (Å²) in [5.41, 5.74) is 0. The van der Waals surface area contributed by atoms with E-state index in [2.05, 4.69) is 13.5 Å². The van der Waals surface area contributed by atoms with E-state index in [4.69, 9.17) is 4.18 Å². The zero-order valence-corrected chi connectivity index (χ0v) is 13.2. The van der Waals surface area contributed by atoms with Crippen LogP contribution in [0.25, 0.3) is 0 Å². The van der Waals surface area contributed by atoms with Crippen molar-refractivity contribution in [2.75, 3.05) is 12.4 Å². The van der Waals surface area contributed by atoms with E-state index in [1.165, 1.54) is 57.4 Å². The molecule has 0 saturated carbocycles. The average molecular weight is 290 g/mol. The third kappa shape index (κ3) is 13.9. The Morgan fingerprint density at radius 1 is 0.895 bits per heavy atom. The molecular formula is C15H30O3S. The Morgan fingerprint density at radius 3 is 1.84 bits per heavy atom. The summed E-state index contributed by atoms with van der Waals surface area (Å²) < 4.78 is 27.2. The van der Waals surface area contributed by atoms with Crippen LogP contribution < -0.4 is 0 Å². The highest BCUT2D eigenvalue weighted by Crippen LogP contribution is 2.10. The first-order valence-electron chi connectivity index (χ1n) is 7.60. The molecule has 0 atom stereocenters. The van der Waals surface area contributed by atoms with Crippen LogP contribution in [-0.4, -0.2) is 20.8 Å². The summed E-state index contributed by atoms with van der Waals surface area (Å²) in [6.07, 6.45) is 13.7. The molecule has 3 nitrogen and oxygen atoms in total. The summed E-state index contributed by atoms with van der Waals surface area (Å²) >= 11 is 0. The number of hydrogen-bond acceptors (Lipinski definition) is 3. The standard InChI is InChI=1S/C15H30O3S/c1-3-5-6-7-8-9-10-11-12-13-14-18-19(16,17)15-4-2/h4H,2-3,5-15H2,1H3. The molecule has 19 heavy (non-hydrogen) atoms. The van der Waals surface area contributed by atoms with Crippen LogP contribution in [0, 0.1) is 0 Å².